The van der Waals surface area contributed by atoms with Crippen molar-refractivity contribution in [2.75, 3.05) is 103 Å². The number of carbonyl (C=O) groups is 10. The number of amides is 8. The molecule has 98 heavy (non-hydrogen) atoms. The molecule has 2 aromatic carbocycles. The van der Waals surface area contributed by atoms with E-state index in [1.165, 1.54) is 36.4 Å². The van der Waals surface area contributed by atoms with E-state index >= 15 is 0 Å². The van der Waals surface area contributed by atoms with Crippen molar-refractivity contribution in [3.63, 3.8) is 0 Å². The number of nitrogens with zero attached hydrogens (tertiary/aromatic N) is 2. The Labute approximate surface area is 589 Å². The lowest BCUT2D eigenvalue weighted by atomic mass is 10.0. The van der Waals surface area contributed by atoms with Crippen molar-refractivity contribution < 1.29 is 77.1 Å². The van der Waals surface area contributed by atoms with E-state index in [2.05, 4.69) is 63.1 Å². The average Bonchev–Trinajstić information content (AvgIpc) is 0.872. The van der Waals surface area contributed by atoms with Crippen LogP contribution in [0.3, 0.4) is 0 Å². The predicted octanol–water partition coefficient (Wildman–Crippen LogP) is 6.24. The zero-order valence-corrected chi connectivity index (χ0v) is 57.6. The molecular formula is C66H90Cl4N12O16. The van der Waals surface area contributed by atoms with E-state index in [0.29, 0.717) is 87.2 Å². The Morgan fingerprint density at radius 1 is 0.388 bits per heavy atom. The molecule has 0 aliphatic rings. The van der Waals surface area contributed by atoms with Crippen molar-refractivity contribution in [1.82, 2.24) is 52.5 Å². The fourth-order valence-electron chi connectivity index (χ4n) is 9.40. The van der Waals surface area contributed by atoms with Gasteiger partial charge in [-0.25, -0.2) is 9.97 Å². The number of nitrogens with one attached hydrogen (secondary N) is 10. The van der Waals surface area contributed by atoms with Crippen LogP contribution in [0.25, 0.3) is 0 Å². The van der Waals surface area contributed by atoms with Crippen molar-refractivity contribution in [2.24, 2.45) is 0 Å². The molecule has 2 heterocycles. The highest BCUT2D eigenvalue weighted by molar-refractivity contribution is 6.35. The summed E-state index contributed by atoms with van der Waals surface area (Å²) in [7, 11) is 0. The van der Waals surface area contributed by atoms with Gasteiger partial charge in [-0.05, 0) is 136 Å². The first-order valence-electron chi connectivity index (χ1n) is 32.5. The van der Waals surface area contributed by atoms with E-state index in [9.17, 15) is 58.2 Å². The van der Waals surface area contributed by atoms with Gasteiger partial charge in [0.15, 0.2) is 0 Å². The Balaban J connectivity index is 1.00. The zero-order valence-electron chi connectivity index (χ0n) is 54.6. The second-order valence-corrected chi connectivity index (χ2v) is 24.1. The molecule has 0 spiro atoms. The summed E-state index contributed by atoms with van der Waals surface area (Å²) in [5, 5.41) is 48.2. The number of ether oxygens (including phenoxy) is 4. The Bertz CT molecular complexity index is 2870. The molecule has 8 amide bonds. The van der Waals surface area contributed by atoms with E-state index in [1.54, 1.807) is 12.4 Å². The number of carbonyl (C=O) groups excluding carboxylic acids is 8. The van der Waals surface area contributed by atoms with E-state index in [0.717, 1.165) is 0 Å². The molecule has 0 saturated heterocycles. The Kier molecular flexibility index (Phi) is 41.7. The van der Waals surface area contributed by atoms with Gasteiger partial charge < -0.3 is 82.3 Å². The second-order valence-electron chi connectivity index (χ2n) is 22.3. The lowest BCUT2D eigenvalue weighted by Crippen LogP contribution is -2.48. The summed E-state index contributed by atoms with van der Waals surface area (Å²) in [6.45, 7) is 2.88. The average molecular weight is 1450 g/mol. The third-order valence-corrected chi connectivity index (χ3v) is 15.2. The zero-order chi connectivity index (χ0) is 71.1. The van der Waals surface area contributed by atoms with Crippen LogP contribution in [0.2, 0.25) is 20.1 Å². The number of pyridine rings is 2. The summed E-state index contributed by atoms with van der Waals surface area (Å²) in [5.74, 6) is -5.05. The van der Waals surface area contributed by atoms with Gasteiger partial charge in [0, 0.05) is 97.4 Å². The van der Waals surface area contributed by atoms with Gasteiger partial charge in [-0.15, -0.1) is 0 Å². The first-order chi connectivity index (χ1) is 47.2. The molecule has 0 radical (unpaired) electrons. The maximum absolute atomic E-state index is 13.7. The van der Waals surface area contributed by atoms with Crippen LogP contribution in [0.1, 0.15) is 126 Å². The minimum absolute atomic E-state index is 0.0478. The maximum Gasteiger partial charge on any atom is 0.309 e. The molecule has 28 nitrogen and oxygen atoms in total. The number of halogens is 4. The molecule has 538 valence electrons. The van der Waals surface area contributed by atoms with Gasteiger partial charge in [0.25, 0.3) is 0 Å². The van der Waals surface area contributed by atoms with E-state index < -0.39 is 72.6 Å². The maximum atomic E-state index is 13.7. The molecule has 0 aliphatic carbocycles. The predicted molar refractivity (Wildman–Crippen MR) is 368 cm³/mol. The number of rotatable bonds is 52. The summed E-state index contributed by atoms with van der Waals surface area (Å²) in [6.07, 6.45) is 7.41. The first-order valence-corrected chi connectivity index (χ1v) is 34.0. The van der Waals surface area contributed by atoms with Gasteiger partial charge in [-0.3, -0.25) is 47.9 Å². The number of hydrogen-bond acceptors (Lipinski definition) is 18. The largest absolute Gasteiger partial charge is 0.481 e. The molecule has 32 heteroatoms. The van der Waals surface area contributed by atoms with Crippen molar-refractivity contribution in [2.45, 2.75) is 127 Å². The van der Waals surface area contributed by atoms with Gasteiger partial charge in [0.2, 0.25) is 35.4 Å². The first kappa shape index (κ1) is 82.5. The smallest absolute Gasteiger partial charge is 0.309 e. The van der Waals surface area contributed by atoms with Gasteiger partial charge >= 0.3 is 23.8 Å². The number of hydrogen-bond donors (Lipinski definition) is 12. The summed E-state index contributed by atoms with van der Waals surface area (Å²) in [5.41, 5.74) is 0.771. The molecular weight excluding hydrogens is 1360 g/mol. The molecule has 4 rings (SSSR count). The molecule has 0 aliphatic heterocycles. The normalized spacial score (nSPS) is 12.2. The van der Waals surface area contributed by atoms with Gasteiger partial charge in [0.05, 0.1) is 77.8 Å². The summed E-state index contributed by atoms with van der Waals surface area (Å²) < 4.78 is 21.9. The van der Waals surface area contributed by atoms with Gasteiger partial charge in [0.1, 0.15) is 23.7 Å². The number of aliphatic carboxylic acids is 2. The van der Waals surface area contributed by atoms with Crippen LogP contribution in [0.5, 0.6) is 0 Å². The van der Waals surface area contributed by atoms with Crippen LogP contribution >= 0.6 is 46.4 Å². The van der Waals surface area contributed by atoms with E-state index in [1.807, 2.05) is 36.4 Å². The summed E-state index contributed by atoms with van der Waals surface area (Å²) in [6, 6.07) is 16.0. The Morgan fingerprint density at radius 3 is 1.11 bits per heavy atom. The minimum atomic E-state index is -1.17. The molecule has 12 N–H and O–H groups in total. The second kappa shape index (κ2) is 49.5. The number of unbranched alkanes of at least 4 members (excludes halogenated alkanes) is 4. The number of anilines is 2. The number of carboxylic acid groups (broad SMARTS) is 2. The minimum Gasteiger partial charge on any atom is -0.481 e. The van der Waals surface area contributed by atoms with Crippen molar-refractivity contribution in [3.8, 4) is 0 Å². The fraction of sp³-hybridized carbons (Fsp3) is 0.515. The molecule has 0 saturated carbocycles. The van der Waals surface area contributed by atoms with Crippen LogP contribution in [-0.4, -0.2) is 184 Å². The highest BCUT2D eigenvalue weighted by Crippen LogP contribution is 2.28. The van der Waals surface area contributed by atoms with Crippen molar-refractivity contribution in [3.05, 3.63) is 116 Å². The van der Waals surface area contributed by atoms with E-state index in [4.69, 9.17) is 65.4 Å². The number of carboxylic acids is 2. The molecule has 4 aromatic rings. The monoisotopic (exact) mass is 1450 g/mol. The highest BCUT2D eigenvalue weighted by Gasteiger charge is 2.28. The molecule has 0 bridgehead atoms. The van der Waals surface area contributed by atoms with E-state index in [-0.39, 0.29) is 161 Å². The standard InChI is InChI=1S/C66H90Cl4N12O16/c67-47-37-45(38-48(68)41-47)53(43-61(87)88)81-63(91)51(79-59(85)17-5-11-23-73-55-15-3-9-21-71-55)13-1-7-25-75-57(83)19-29-95-33-35-97-31-27-77-65(93)66(94)78-28-32-98-36-34-96-30-20-58(84)76-26-8-2-14-52(80-60(86)18-6-12-24-74-56-16-4-10-22-72-56)64(92)82-54(44-62(89)90)46-39-49(69)42-50(70)40-46/h3-4,9-10,15-16,21-22,37-42,51-54H,1-2,5-8,11-14,17-20,23-36,43-44H2,(H,71,73)(H,72,74)(H,75,83)(H,76,84)(H,77,93)(H,78,94)(H,79,85)(H,80,86)(H,81,91)(H,82,92)(H,87,88)(H,89,90)/t51-,52-,53?,54?/m0/s1. The SMILES string of the molecule is O=C(O)CC(NC(=O)[C@H](CCCCNC(=O)CCOCCOCCNC(=O)C(=O)NCCOCCOCCC(=O)NCCCC[C@H](NC(=O)CCCCNc1ccccn1)C(=O)NC(CC(=O)O)c1cc(Cl)cc(Cl)c1)NC(=O)CCCCNc1ccccn1)c1cc(Cl)cc(Cl)c1. The summed E-state index contributed by atoms with van der Waals surface area (Å²) in [4.78, 5) is 135. The summed E-state index contributed by atoms with van der Waals surface area (Å²) >= 11 is 24.7. The Hall–Kier alpha value is -7.96. The fourth-order valence-corrected chi connectivity index (χ4v) is 10.5. The lowest BCUT2D eigenvalue weighted by molar-refractivity contribution is -0.139. The topological polar surface area (TPSA) is 394 Å². The molecule has 4 atom stereocenters. The number of benzene rings is 2. The van der Waals surface area contributed by atoms with Crippen LogP contribution in [0, 0.1) is 0 Å². The Morgan fingerprint density at radius 2 is 0.755 bits per heavy atom. The van der Waals surface area contributed by atoms with Crippen LogP contribution in [0.4, 0.5) is 11.6 Å². The van der Waals surface area contributed by atoms with Crippen LogP contribution in [0.15, 0.2) is 85.2 Å². The molecule has 2 aromatic heterocycles. The third-order valence-electron chi connectivity index (χ3n) is 14.3. The van der Waals surface area contributed by atoms with Crippen LogP contribution in [-0.2, 0) is 66.9 Å². The third kappa shape index (κ3) is 38.3. The quantitative estimate of drug-likeness (QED) is 0.0172. The van der Waals surface area contributed by atoms with Crippen molar-refractivity contribution >= 4 is 117 Å². The number of aromatic nitrogens is 2. The highest BCUT2D eigenvalue weighted by atomic mass is 35.5. The van der Waals surface area contributed by atoms with Gasteiger partial charge in [-0.2, -0.15) is 0 Å². The van der Waals surface area contributed by atoms with Crippen LogP contribution < -0.4 is 53.2 Å². The lowest BCUT2D eigenvalue weighted by Gasteiger charge is -2.23. The molecule has 0 fully saturated rings. The van der Waals surface area contributed by atoms with Crippen molar-refractivity contribution in [1.29, 1.82) is 0 Å². The van der Waals surface area contributed by atoms with Gasteiger partial charge in [-0.1, -0.05) is 58.5 Å². The molecule has 2 unspecified atom stereocenters.